The van der Waals surface area contributed by atoms with Crippen LogP contribution >= 0.6 is 11.3 Å². The third-order valence-corrected chi connectivity index (χ3v) is 8.17. The van der Waals surface area contributed by atoms with Crippen molar-refractivity contribution in [3.05, 3.63) is 69.7 Å². The number of aryl methyl sites for hydroxylation is 1. The Kier molecular flexibility index (Phi) is 9.62. The number of nitrogens with one attached hydrogen (secondary N) is 1. The molecule has 2 aromatic carbocycles. The van der Waals surface area contributed by atoms with E-state index in [1.807, 2.05) is 57.3 Å². The van der Waals surface area contributed by atoms with Gasteiger partial charge in [-0.15, -0.1) is 11.3 Å². The Morgan fingerprint density at radius 1 is 1.19 bits per heavy atom. The Labute approximate surface area is 255 Å². The summed E-state index contributed by atoms with van der Waals surface area (Å²) in [6, 6.07) is 12.2. The van der Waals surface area contributed by atoms with Gasteiger partial charge < -0.3 is 29.3 Å². The van der Waals surface area contributed by atoms with Crippen molar-refractivity contribution in [2.75, 3.05) is 26.2 Å². The zero-order valence-electron chi connectivity index (χ0n) is 25.0. The van der Waals surface area contributed by atoms with Gasteiger partial charge in [0.1, 0.15) is 17.2 Å². The van der Waals surface area contributed by atoms with Crippen molar-refractivity contribution in [2.24, 2.45) is 0 Å². The van der Waals surface area contributed by atoms with E-state index in [9.17, 15) is 14.4 Å². The van der Waals surface area contributed by atoms with Gasteiger partial charge in [0, 0.05) is 36.6 Å². The van der Waals surface area contributed by atoms with Crippen molar-refractivity contribution in [2.45, 2.75) is 65.4 Å². The molecule has 2 aliphatic rings. The number of benzene rings is 2. The van der Waals surface area contributed by atoms with Crippen molar-refractivity contribution >= 4 is 29.1 Å². The molecule has 2 atom stereocenters. The molecule has 3 amide bonds. The Hall–Kier alpha value is -3.96. The van der Waals surface area contributed by atoms with Crippen LogP contribution in [0.25, 0.3) is 0 Å². The number of likely N-dealkylation sites (tertiary alicyclic amines) is 1. The molecule has 228 valence electrons. The number of likely N-dealkylation sites (N-methyl/N-ethyl adjacent to an activating group) is 1. The number of carbonyl (C=O) groups excluding carboxylic acids is 3. The van der Waals surface area contributed by atoms with Crippen LogP contribution in [0.4, 0.5) is 0 Å². The Bertz CT molecular complexity index is 1470. The summed E-state index contributed by atoms with van der Waals surface area (Å²) in [6.45, 7) is 8.86. The Morgan fingerprint density at radius 3 is 2.77 bits per heavy atom. The Morgan fingerprint density at radius 2 is 2.02 bits per heavy atom. The second-order valence-electron chi connectivity index (χ2n) is 11.1. The molecule has 1 saturated heterocycles. The highest BCUT2D eigenvalue weighted by molar-refractivity contribution is 7.09. The number of thiazole rings is 1. The number of piperidine rings is 1. The van der Waals surface area contributed by atoms with Crippen molar-refractivity contribution in [1.82, 2.24) is 20.1 Å². The van der Waals surface area contributed by atoms with Crippen LogP contribution in [0.3, 0.4) is 0 Å². The fourth-order valence-corrected chi connectivity index (χ4v) is 5.93. The number of nitrogens with zero attached hydrogens (tertiary/aromatic N) is 3. The summed E-state index contributed by atoms with van der Waals surface area (Å²) in [4.78, 5) is 47.8. The average Bonchev–Trinajstić information content (AvgIpc) is 3.38. The van der Waals surface area contributed by atoms with Gasteiger partial charge in [-0.1, -0.05) is 12.1 Å². The third kappa shape index (κ3) is 7.91. The van der Waals surface area contributed by atoms with E-state index in [0.29, 0.717) is 55.5 Å². The molecule has 1 aromatic heterocycles. The SMILES string of the molecule is CCN1CC(=O)N[C@H]2CN(C(=O)Cc3csc(C)n3)CC[C@@H]2OCc2cccc(c2)Oc2cc(OC(C)C)cc(c2)C1=O. The van der Waals surface area contributed by atoms with Gasteiger partial charge in [0.05, 0.1) is 48.5 Å². The van der Waals surface area contributed by atoms with Crippen LogP contribution < -0.4 is 14.8 Å². The lowest BCUT2D eigenvalue weighted by Crippen LogP contribution is -2.58. The smallest absolute Gasteiger partial charge is 0.254 e. The van der Waals surface area contributed by atoms with Gasteiger partial charge in [0.15, 0.2) is 0 Å². The van der Waals surface area contributed by atoms with E-state index in [1.165, 1.54) is 16.2 Å². The molecule has 0 unspecified atom stereocenters. The largest absolute Gasteiger partial charge is 0.491 e. The van der Waals surface area contributed by atoms with Crippen molar-refractivity contribution < 1.29 is 28.6 Å². The van der Waals surface area contributed by atoms with E-state index in [0.717, 1.165) is 16.3 Å². The molecule has 2 aliphatic heterocycles. The maximum absolute atomic E-state index is 13.6. The van der Waals surface area contributed by atoms with Crippen LogP contribution in [0, 0.1) is 6.92 Å². The number of fused-ring (bicyclic) bond motifs is 5. The number of ether oxygens (including phenoxy) is 3. The molecule has 0 spiro atoms. The third-order valence-electron chi connectivity index (χ3n) is 7.35. The van der Waals surface area contributed by atoms with Gasteiger partial charge in [0.25, 0.3) is 5.91 Å². The summed E-state index contributed by atoms with van der Waals surface area (Å²) in [5, 5.41) is 5.89. The first-order valence-corrected chi connectivity index (χ1v) is 15.5. The summed E-state index contributed by atoms with van der Waals surface area (Å²) in [5.41, 5.74) is 2.01. The number of amides is 3. The molecule has 3 aromatic rings. The molecular formula is C32H38N4O6S. The average molecular weight is 607 g/mol. The molecule has 3 heterocycles. The maximum Gasteiger partial charge on any atom is 0.254 e. The zero-order chi connectivity index (χ0) is 30.5. The number of carbonyl (C=O) groups is 3. The maximum atomic E-state index is 13.6. The van der Waals surface area contributed by atoms with E-state index in [1.54, 1.807) is 23.1 Å². The van der Waals surface area contributed by atoms with Gasteiger partial charge in [-0.25, -0.2) is 4.98 Å². The first kappa shape index (κ1) is 30.5. The lowest BCUT2D eigenvalue weighted by Gasteiger charge is -2.39. The van der Waals surface area contributed by atoms with E-state index in [4.69, 9.17) is 14.2 Å². The van der Waals surface area contributed by atoms with Crippen LogP contribution in [-0.4, -0.2) is 76.9 Å². The summed E-state index contributed by atoms with van der Waals surface area (Å²) in [7, 11) is 0. The van der Waals surface area contributed by atoms with Crippen LogP contribution in [-0.2, 0) is 27.4 Å². The summed E-state index contributed by atoms with van der Waals surface area (Å²) in [5.74, 6) is 0.877. The van der Waals surface area contributed by atoms with Crippen LogP contribution in [0.1, 0.15) is 53.8 Å². The predicted molar refractivity (Wildman–Crippen MR) is 163 cm³/mol. The van der Waals surface area contributed by atoms with E-state index < -0.39 is 6.04 Å². The molecule has 1 N–H and O–H groups in total. The minimum absolute atomic E-state index is 0.0420. The summed E-state index contributed by atoms with van der Waals surface area (Å²) < 4.78 is 18.4. The lowest BCUT2D eigenvalue weighted by atomic mass is 10.0. The van der Waals surface area contributed by atoms with E-state index in [-0.39, 0.29) is 42.9 Å². The molecule has 10 nitrogen and oxygen atoms in total. The van der Waals surface area contributed by atoms with Crippen molar-refractivity contribution in [3.8, 4) is 17.2 Å². The second kappa shape index (κ2) is 13.6. The molecule has 0 radical (unpaired) electrons. The second-order valence-corrected chi connectivity index (χ2v) is 12.2. The van der Waals surface area contributed by atoms with Crippen molar-refractivity contribution in [3.63, 3.8) is 0 Å². The highest BCUT2D eigenvalue weighted by Gasteiger charge is 2.34. The highest BCUT2D eigenvalue weighted by atomic mass is 32.1. The molecule has 11 heteroatoms. The van der Waals surface area contributed by atoms with Gasteiger partial charge in [-0.05, 0) is 63.9 Å². The normalized spacial score (nSPS) is 19.5. The molecule has 1 fully saturated rings. The molecule has 0 aliphatic carbocycles. The predicted octanol–water partition coefficient (Wildman–Crippen LogP) is 4.35. The minimum Gasteiger partial charge on any atom is -0.491 e. The quantitative estimate of drug-likeness (QED) is 0.460. The number of aromatic nitrogens is 1. The number of hydrogen-bond acceptors (Lipinski definition) is 8. The summed E-state index contributed by atoms with van der Waals surface area (Å²) >= 11 is 1.52. The molecule has 0 saturated carbocycles. The lowest BCUT2D eigenvalue weighted by molar-refractivity contribution is -0.136. The van der Waals surface area contributed by atoms with E-state index in [2.05, 4.69) is 10.3 Å². The number of hydrogen-bond donors (Lipinski definition) is 1. The first-order valence-electron chi connectivity index (χ1n) is 14.6. The standard InChI is InChI=1S/C32H38N4O6S/c1-5-35-17-30(37)34-28-16-36(31(38)14-24-19-43-21(4)33-24)10-9-29(28)40-18-22-7-6-8-25(11-22)42-27-13-23(32(35)39)12-26(15-27)41-20(2)3/h6-8,11-13,15,19-20,28-29H,5,9-10,14,16-18H2,1-4H3,(H,34,37)/t28-,29-/m0/s1. The molecule has 43 heavy (non-hydrogen) atoms. The van der Waals surface area contributed by atoms with Crippen LogP contribution in [0.5, 0.6) is 17.2 Å². The van der Waals surface area contributed by atoms with Gasteiger partial charge in [-0.3, -0.25) is 14.4 Å². The van der Waals surface area contributed by atoms with E-state index >= 15 is 0 Å². The van der Waals surface area contributed by atoms with Crippen molar-refractivity contribution in [1.29, 1.82) is 0 Å². The highest BCUT2D eigenvalue weighted by Crippen LogP contribution is 2.30. The topological polar surface area (TPSA) is 110 Å². The minimum atomic E-state index is -0.446. The zero-order valence-corrected chi connectivity index (χ0v) is 25.8. The van der Waals surface area contributed by atoms with Crippen LogP contribution in [0.2, 0.25) is 0 Å². The molecule has 5 rings (SSSR count). The van der Waals surface area contributed by atoms with Gasteiger partial charge >= 0.3 is 0 Å². The summed E-state index contributed by atoms with van der Waals surface area (Å²) in [6.07, 6.45) is 0.345. The fourth-order valence-electron chi connectivity index (χ4n) is 5.32. The monoisotopic (exact) mass is 606 g/mol. The molecule has 4 bridgehead atoms. The molecular weight excluding hydrogens is 568 g/mol. The van der Waals surface area contributed by atoms with Gasteiger partial charge in [-0.2, -0.15) is 0 Å². The fraction of sp³-hybridized carbons (Fsp3) is 0.438. The van der Waals surface area contributed by atoms with Gasteiger partial charge in [0.2, 0.25) is 11.8 Å². The number of rotatable bonds is 5. The van der Waals surface area contributed by atoms with Crippen LogP contribution in [0.15, 0.2) is 47.8 Å². The Balaban J connectivity index is 1.41. The first-order chi connectivity index (χ1) is 20.7.